The van der Waals surface area contributed by atoms with Crippen LogP contribution in [-0.4, -0.2) is 19.0 Å². The van der Waals surface area contributed by atoms with Gasteiger partial charge in [0.2, 0.25) is 0 Å². The number of carbonyl (C=O) groups is 1. The van der Waals surface area contributed by atoms with Crippen LogP contribution in [0, 0.1) is 6.92 Å². The summed E-state index contributed by atoms with van der Waals surface area (Å²) in [4.78, 5) is 12.2. The summed E-state index contributed by atoms with van der Waals surface area (Å²) in [6, 6.07) is 0. The van der Waals surface area contributed by atoms with Gasteiger partial charge in [-0.3, -0.25) is 4.79 Å². The molecule has 0 aliphatic rings. The highest BCUT2D eigenvalue weighted by molar-refractivity contribution is 7.13. The normalized spacial score (nSPS) is 10.9. The minimum Gasteiger partial charge on any atom is -0.348 e. The molecule has 1 heterocycles. The molecule has 0 aromatic carbocycles. The van der Waals surface area contributed by atoms with E-state index in [0.29, 0.717) is 23.0 Å². The number of hydrogen-bond acceptors (Lipinski definition) is 3. The largest absolute Gasteiger partial charge is 0.348 e. The van der Waals surface area contributed by atoms with Gasteiger partial charge in [0, 0.05) is 13.1 Å². The summed E-state index contributed by atoms with van der Waals surface area (Å²) in [6.45, 7) is 2.84. The van der Waals surface area contributed by atoms with Crippen molar-refractivity contribution >= 4 is 28.8 Å². The topological polar surface area (TPSA) is 55.1 Å². The Bertz CT molecular complexity index is 373. The Morgan fingerprint density at radius 1 is 1.67 bits per heavy atom. The van der Waals surface area contributed by atoms with Crippen molar-refractivity contribution in [1.82, 2.24) is 5.32 Å². The number of nitrogens with two attached hydrogens (primary N) is 1. The Balaban J connectivity index is 2.54. The van der Waals surface area contributed by atoms with Crippen LogP contribution >= 0.6 is 22.9 Å². The van der Waals surface area contributed by atoms with Gasteiger partial charge in [0.1, 0.15) is 4.88 Å². The second kappa shape index (κ2) is 5.90. The van der Waals surface area contributed by atoms with Crippen molar-refractivity contribution < 1.29 is 4.79 Å². The molecule has 3 N–H and O–H groups in total. The van der Waals surface area contributed by atoms with E-state index < -0.39 is 0 Å². The molecule has 1 rings (SSSR count). The van der Waals surface area contributed by atoms with Crippen LogP contribution in [0.4, 0.5) is 0 Å². The number of aryl methyl sites for hydroxylation is 1. The molecule has 0 saturated carbocycles. The van der Waals surface area contributed by atoms with Gasteiger partial charge in [-0.1, -0.05) is 23.8 Å². The van der Waals surface area contributed by atoms with Gasteiger partial charge in [0.15, 0.2) is 0 Å². The molecule has 82 valence electrons. The van der Waals surface area contributed by atoms with Gasteiger partial charge in [-0.05, 0) is 17.9 Å². The molecule has 15 heavy (non-hydrogen) atoms. The highest BCUT2D eigenvalue weighted by atomic mass is 35.5. The molecule has 0 bridgehead atoms. The second-order valence-corrected chi connectivity index (χ2v) is 4.24. The molecular formula is C10H13ClN2OS. The molecule has 0 spiro atoms. The lowest BCUT2D eigenvalue weighted by Crippen LogP contribution is -2.22. The van der Waals surface area contributed by atoms with Crippen molar-refractivity contribution in [2.24, 2.45) is 5.73 Å². The predicted molar refractivity (Wildman–Crippen MR) is 64.6 cm³/mol. The number of carbonyl (C=O) groups excluding carboxylic acids is 1. The van der Waals surface area contributed by atoms with Crippen LogP contribution in [0.25, 0.3) is 0 Å². The van der Waals surface area contributed by atoms with Crippen LogP contribution < -0.4 is 11.1 Å². The number of halogens is 1. The van der Waals surface area contributed by atoms with Gasteiger partial charge in [0.25, 0.3) is 5.91 Å². The first kappa shape index (κ1) is 12.2. The maximum Gasteiger partial charge on any atom is 0.263 e. The first-order valence-electron chi connectivity index (χ1n) is 4.53. The minimum atomic E-state index is -0.139. The van der Waals surface area contributed by atoms with E-state index in [1.54, 1.807) is 6.08 Å². The molecule has 5 heteroatoms. The molecule has 0 saturated heterocycles. The van der Waals surface area contributed by atoms with E-state index in [9.17, 15) is 4.79 Å². The van der Waals surface area contributed by atoms with E-state index in [2.05, 4.69) is 5.32 Å². The number of thiophene rings is 1. The fraction of sp³-hybridized carbons (Fsp3) is 0.300. The third kappa shape index (κ3) is 3.34. The van der Waals surface area contributed by atoms with E-state index in [1.165, 1.54) is 11.3 Å². The van der Waals surface area contributed by atoms with Gasteiger partial charge >= 0.3 is 0 Å². The lowest BCUT2D eigenvalue weighted by atomic mass is 10.3. The number of hydrogen-bond donors (Lipinski definition) is 2. The molecular weight excluding hydrogens is 232 g/mol. The average molecular weight is 245 g/mol. The molecule has 0 unspecified atom stereocenters. The summed E-state index contributed by atoms with van der Waals surface area (Å²) in [5.74, 6) is -0.139. The third-order valence-electron chi connectivity index (χ3n) is 1.79. The van der Waals surface area contributed by atoms with Crippen molar-refractivity contribution in [3.8, 4) is 0 Å². The summed E-state index contributed by atoms with van der Waals surface area (Å²) in [6.07, 6.45) is 3.60. The Labute approximate surface area is 97.9 Å². The zero-order valence-corrected chi connectivity index (χ0v) is 9.99. The molecule has 0 radical (unpaired) electrons. The summed E-state index contributed by atoms with van der Waals surface area (Å²) >= 11 is 7.31. The number of nitrogens with one attached hydrogen (secondary N) is 1. The Kier molecular flexibility index (Phi) is 4.81. The maximum atomic E-state index is 11.6. The quantitative estimate of drug-likeness (QED) is 0.796. The van der Waals surface area contributed by atoms with Crippen molar-refractivity contribution in [2.45, 2.75) is 6.92 Å². The number of rotatable bonds is 4. The van der Waals surface area contributed by atoms with Gasteiger partial charge < -0.3 is 11.1 Å². The lowest BCUT2D eigenvalue weighted by molar-refractivity contribution is 0.0962. The molecule has 0 fully saturated rings. The molecule has 0 atom stereocenters. The standard InChI is InChI=1S/C10H13ClN2OS/c1-7-6-15-9(8(7)11)10(14)13-5-3-2-4-12/h2-3,6H,4-5,12H2,1H3,(H,13,14)/b3-2+. The van der Waals surface area contributed by atoms with Crippen LogP contribution in [0.2, 0.25) is 5.02 Å². The fourth-order valence-electron chi connectivity index (χ4n) is 0.995. The second-order valence-electron chi connectivity index (χ2n) is 2.98. The first-order chi connectivity index (χ1) is 7.16. The predicted octanol–water partition coefficient (Wildman–Crippen LogP) is 1.95. The maximum absolute atomic E-state index is 11.6. The third-order valence-corrected chi connectivity index (χ3v) is 3.48. The lowest BCUT2D eigenvalue weighted by Gasteiger charge is -1.99. The van der Waals surface area contributed by atoms with Crippen molar-refractivity contribution in [1.29, 1.82) is 0 Å². The monoisotopic (exact) mass is 244 g/mol. The van der Waals surface area contributed by atoms with Crippen molar-refractivity contribution in [3.63, 3.8) is 0 Å². The summed E-state index contributed by atoms with van der Waals surface area (Å²) in [5, 5.41) is 5.14. The van der Waals surface area contributed by atoms with Crippen LogP contribution in [0.1, 0.15) is 15.2 Å². The average Bonchev–Trinajstić information content (AvgIpc) is 2.55. The highest BCUT2D eigenvalue weighted by Gasteiger charge is 2.13. The van der Waals surface area contributed by atoms with E-state index in [1.807, 2.05) is 18.4 Å². The van der Waals surface area contributed by atoms with E-state index in [4.69, 9.17) is 17.3 Å². The molecule has 0 aliphatic carbocycles. The van der Waals surface area contributed by atoms with Crippen LogP contribution in [0.3, 0.4) is 0 Å². The van der Waals surface area contributed by atoms with Gasteiger partial charge in [-0.15, -0.1) is 11.3 Å². The smallest absolute Gasteiger partial charge is 0.263 e. The zero-order chi connectivity index (χ0) is 11.3. The van der Waals surface area contributed by atoms with Gasteiger partial charge in [-0.2, -0.15) is 0 Å². The molecule has 0 aliphatic heterocycles. The highest BCUT2D eigenvalue weighted by Crippen LogP contribution is 2.26. The Morgan fingerprint density at radius 2 is 2.40 bits per heavy atom. The molecule has 1 aromatic heterocycles. The fourth-order valence-corrected chi connectivity index (χ4v) is 2.19. The van der Waals surface area contributed by atoms with Crippen LogP contribution in [-0.2, 0) is 0 Å². The van der Waals surface area contributed by atoms with E-state index in [0.717, 1.165) is 5.56 Å². The minimum absolute atomic E-state index is 0.139. The Morgan fingerprint density at radius 3 is 2.93 bits per heavy atom. The van der Waals surface area contributed by atoms with E-state index in [-0.39, 0.29) is 5.91 Å². The van der Waals surface area contributed by atoms with Crippen LogP contribution in [0.5, 0.6) is 0 Å². The van der Waals surface area contributed by atoms with Crippen molar-refractivity contribution in [2.75, 3.05) is 13.1 Å². The van der Waals surface area contributed by atoms with Gasteiger partial charge in [-0.25, -0.2) is 0 Å². The first-order valence-corrected chi connectivity index (χ1v) is 5.79. The summed E-state index contributed by atoms with van der Waals surface area (Å²) in [7, 11) is 0. The number of amides is 1. The van der Waals surface area contributed by atoms with Crippen molar-refractivity contribution in [3.05, 3.63) is 33.0 Å². The summed E-state index contributed by atoms with van der Waals surface area (Å²) in [5.41, 5.74) is 6.20. The zero-order valence-electron chi connectivity index (χ0n) is 8.42. The molecule has 1 aromatic rings. The molecule has 3 nitrogen and oxygen atoms in total. The summed E-state index contributed by atoms with van der Waals surface area (Å²) < 4.78 is 0. The van der Waals surface area contributed by atoms with E-state index >= 15 is 0 Å². The van der Waals surface area contributed by atoms with Gasteiger partial charge in [0.05, 0.1) is 5.02 Å². The SMILES string of the molecule is Cc1csc(C(=O)NC/C=C/CN)c1Cl. The Hall–Kier alpha value is -0.840. The molecule has 1 amide bonds. The van der Waals surface area contributed by atoms with Crippen LogP contribution in [0.15, 0.2) is 17.5 Å².